The number of carbonyl (C=O) groups is 1. The monoisotopic (exact) mass is 275 g/mol. The molecule has 18 heavy (non-hydrogen) atoms. The maximum atomic E-state index is 11.5. The third-order valence-electron chi connectivity index (χ3n) is 3.14. The minimum Gasteiger partial charge on any atom is -0.356 e. The summed E-state index contributed by atoms with van der Waals surface area (Å²) in [4.78, 5) is 11.5. The minimum atomic E-state index is 0.217. The van der Waals surface area contributed by atoms with Crippen molar-refractivity contribution < 1.29 is 4.79 Å². The van der Waals surface area contributed by atoms with Crippen LogP contribution in [0.25, 0.3) is 0 Å². The summed E-state index contributed by atoms with van der Waals surface area (Å²) in [5, 5.41) is 2.97. The standard InChI is InChI=1S/C15H30ClNO/c1-2-3-4-5-6-7-9-12-15(18)17-14-11-8-10-13-16/h2-14H2,1H3,(H,17,18). The molecule has 0 radical (unpaired) electrons. The largest absolute Gasteiger partial charge is 0.356 e. The van der Waals surface area contributed by atoms with Gasteiger partial charge in [-0.05, 0) is 19.3 Å². The Balaban J connectivity index is 3.12. The number of hydrogen-bond acceptors (Lipinski definition) is 1. The number of unbranched alkanes of at least 4 members (excludes halogenated alkanes) is 8. The van der Waals surface area contributed by atoms with Crippen LogP contribution < -0.4 is 5.32 Å². The summed E-state index contributed by atoms with van der Waals surface area (Å²) < 4.78 is 0. The lowest BCUT2D eigenvalue weighted by Gasteiger charge is -2.05. The lowest BCUT2D eigenvalue weighted by Crippen LogP contribution is -2.23. The van der Waals surface area contributed by atoms with E-state index in [1.54, 1.807) is 0 Å². The molecule has 0 fully saturated rings. The highest BCUT2D eigenvalue weighted by Crippen LogP contribution is 2.08. The highest BCUT2D eigenvalue weighted by Gasteiger charge is 2.00. The van der Waals surface area contributed by atoms with E-state index in [-0.39, 0.29) is 5.91 Å². The fourth-order valence-corrected chi connectivity index (χ4v) is 2.14. The zero-order valence-electron chi connectivity index (χ0n) is 12.0. The van der Waals surface area contributed by atoms with Gasteiger partial charge < -0.3 is 5.32 Å². The van der Waals surface area contributed by atoms with Crippen molar-refractivity contribution >= 4 is 17.5 Å². The van der Waals surface area contributed by atoms with Crippen molar-refractivity contribution in [3.63, 3.8) is 0 Å². The molecule has 1 N–H and O–H groups in total. The lowest BCUT2D eigenvalue weighted by molar-refractivity contribution is -0.121. The van der Waals surface area contributed by atoms with Crippen molar-refractivity contribution in [2.24, 2.45) is 0 Å². The molecule has 0 saturated carbocycles. The van der Waals surface area contributed by atoms with Gasteiger partial charge in [0.05, 0.1) is 0 Å². The second-order valence-electron chi connectivity index (χ2n) is 4.97. The van der Waals surface area contributed by atoms with Crippen molar-refractivity contribution in [3.05, 3.63) is 0 Å². The molecule has 108 valence electrons. The fourth-order valence-electron chi connectivity index (χ4n) is 1.96. The number of nitrogens with one attached hydrogen (secondary N) is 1. The van der Waals surface area contributed by atoms with Crippen molar-refractivity contribution in [3.8, 4) is 0 Å². The first kappa shape index (κ1) is 17.8. The summed E-state index contributed by atoms with van der Waals surface area (Å²) in [7, 11) is 0. The number of rotatable bonds is 13. The number of halogens is 1. The van der Waals surface area contributed by atoms with E-state index >= 15 is 0 Å². The number of hydrogen-bond donors (Lipinski definition) is 1. The summed E-state index contributed by atoms with van der Waals surface area (Å²) in [5.74, 6) is 0.945. The molecule has 3 heteroatoms. The van der Waals surface area contributed by atoms with Gasteiger partial charge in [0, 0.05) is 18.8 Å². The SMILES string of the molecule is CCCCCCCCCC(=O)NCCCCCCl. The van der Waals surface area contributed by atoms with Crippen molar-refractivity contribution in [1.82, 2.24) is 5.32 Å². The van der Waals surface area contributed by atoms with Crippen molar-refractivity contribution in [2.45, 2.75) is 77.6 Å². The van der Waals surface area contributed by atoms with Gasteiger partial charge in [-0.15, -0.1) is 11.6 Å². The Morgan fingerprint density at radius 1 is 0.889 bits per heavy atom. The fraction of sp³-hybridized carbons (Fsp3) is 0.933. The maximum Gasteiger partial charge on any atom is 0.219 e. The maximum absolute atomic E-state index is 11.5. The normalized spacial score (nSPS) is 10.6. The van der Waals surface area contributed by atoms with Crippen LogP contribution in [0.2, 0.25) is 0 Å². The summed E-state index contributed by atoms with van der Waals surface area (Å²) in [6.45, 7) is 3.05. The van der Waals surface area contributed by atoms with Gasteiger partial charge in [0.15, 0.2) is 0 Å². The summed E-state index contributed by atoms with van der Waals surface area (Å²) >= 11 is 5.59. The smallest absolute Gasteiger partial charge is 0.219 e. The highest BCUT2D eigenvalue weighted by molar-refractivity contribution is 6.17. The van der Waals surface area contributed by atoms with Crippen molar-refractivity contribution in [2.75, 3.05) is 12.4 Å². The highest BCUT2D eigenvalue weighted by atomic mass is 35.5. The van der Waals surface area contributed by atoms with Gasteiger partial charge in [0.25, 0.3) is 0 Å². The molecule has 0 heterocycles. The van der Waals surface area contributed by atoms with E-state index in [2.05, 4.69) is 12.2 Å². The summed E-state index contributed by atoms with van der Waals surface area (Å²) in [6, 6.07) is 0. The Morgan fingerprint density at radius 2 is 1.50 bits per heavy atom. The van der Waals surface area contributed by atoms with E-state index in [0.29, 0.717) is 6.42 Å². The molecule has 0 aromatic rings. The molecule has 0 aromatic carbocycles. The molecule has 0 spiro atoms. The topological polar surface area (TPSA) is 29.1 Å². The Kier molecular flexibility index (Phi) is 14.6. The van der Waals surface area contributed by atoms with Crippen LogP contribution in [-0.4, -0.2) is 18.3 Å². The van der Waals surface area contributed by atoms with Gasteiger partial charge in [-0.3, -0.25) is 4.79 Å². The van der Waals surface area contributed by atoms with Gasteiger partial charge in [-0.1, -0.05) is 51.9 Å². The van der Waals surface area contributed by atoms with Crippen LogP contribution >= 0.6 is 11.6 Å². The molecule has 0 unspecified atom stereocenters. The third kappa shape index (κ3) is 13.8. The molecule has 0 atom stereocenters. The van der Waals surface area contributed by atoms with Crippen LogP contribution in [0, 0.1) is 0 Å². The molecule has 0 aliphatic carbocycles. The zero-order valence-corrected chi connectivity index (χ0v) is 12.7. The molecule has 0 saturated heterocycles. The van der Waals surface area contributed by atoms with E-state index in [0.717, 1.165) is 38.1 Å². The van der Waals surface area contributed by atoms with Gasteiger partial charge in [-0.25, -0.2) is 0 Å². The van der Waals surface area contributed by atoms with Gasteiger partial charge >= 0.3 is 0 Å². The predicted molar refractivity (Wildman–Crippen MR) is 80.2 cm³/mol. The van der Waals surface area contributed by atoms with Crippen LogP contribution in [0.5, 0.6) is 0 Å². The summed E-state index contributed by atoms with van der Waals surface area (Å²) in [6.07, 6.45) is 12.8. The predicted octanol–water partition coefficient (Wildman–Crippen LogP) is 4.65. The second kappa shape index (κ2) is 14.8. The lowest BCUT2D eigenvalue weighted by atomic mass is 10.1. The van der Waals surface area contributed by atoms with E-state index in [1.807, 2.05) is 0 Å². The van der Waals surface area contributed by atoms with Crippen LogP contribution in [-0.2, 0) is 4.79 Å². The Morgan fingerprint density at radius 3 is 2.17 bits per heavy atom. The molecular weight excluding hydrogens is 246 g/mol. The van der Waals surface area contributed by atoms with E-state index in [4.69, 9.17) is 11.6 Å². The van der Waals surface area contributed by atoms with Crippen LogP contribution in [0.4, 0.5) is 0 Å². The van der Waals surface area contributed by atoms with Crippen LogP contribution in [0.3, 0.4) is 0 Å². The van der Waals surface area contributed by atoms with Crippen LogP contribution in [0.1, 0.15) is 77.6 Å². The minimum absolute atomic E-state index is 0.217. The molecular formula is C15H30ClNO. The summed E-state index contributed by atoms with van der Waals surface area (Å²) in [5.41, 5.74) is 0. The molecule has 0 bridgehead atoms. The quantitative estimate of drug-likeness (QED) is 0.385. The van der Waals surface area contributed by atoms with Gasteiger partial charge in [-0.2, -0.15) is 0 Å². The average Bonchev–Trinajstić information content (AvgIpc) is 2.37. The molecule has 0 aromatic heterocycles. The Labute approximate surface area is 118 Å². The third-order valence-corrected chi connectivity index (χ3v) is 3.41. The van der Waals surface area contributed by atoms with Gasteiger partial charge in [0.1, 0.15) is 0 Å². The van der Waals surface area contributed by atoms with Crippen molar-refractivity contribution in [1.29, 1.82) is 0 Å². The number of alkyl halides is 1. The van der Waals surface area contributed by atoms with E-state index in [1.165, 1.54) is 38.5 Å². The van der Waals surface area contributed by atoms with Crippen LogP contribution in [0.15, 0.2) is 0 Å². The van der Waals surface area contributed by atoms with E-state index < -0.39 is 0 Å². The Bertz CT molecular complexity index is 185. The zero-order chi connectivity index (χ0) is 13.5. The molecule has 2 nitrogen and oxygen atoms in total. The number of amides is 1. The second-order valence-corrected chi connectivity index (χ2v) is 5.35. The first-order chi connectivity index (χ1) is 8.81. The molecule has 0 aliphatic heterocycles. The Hall–Kier alpha value is -0.240. The first-order valence-corrected chi connectivity index (χ1v) is 8.17. The average molecular weight is 276 g/mol. The number of carbonyl (C=O) groups excluding carboxylic acids is 1. The molecule has 0 aliphatic rings. The first-order valence-electron chi connectivity index (χ1n) is 7.64. The molecule has 1 amide bonds. The van der Waals surface area contributed by atoms with E-state index in [9.17, 15) is 4.79 Å². The molecule has 0 rings (SSSR count). The van der Waals surface area contributed by atoms with Gasteiger partial charge in [0.2, 0.25) is 5.91 Å².